The van der Waals surface area contributed by atoms with Crippen LogP contribution < -0.4 is 10.6 Å². The fourth-order valence-corrected chi connectivity index (χ4v) is 2.46. The molecule has 1 atom stereocenters. The number of carbonyl (C=O) groups excluding carboxylic acids is 1. The molecule has 6 heteroatoms. The topological polar surface area (TPSA) is 59.0 Å². The van der Waals surface area contributed by atoms with Crippen LogP contribution >= 0.6 is 12.4 Å². The van der Waals surface area contributed by atoms with Crippen LogP contribution in [0.15, 0.2) is 12.4 Å². The minimum atomic E-state index is 0. The monoisotopic (exact) mass is 300 g/mol. The Hall–Kier alpha value is -1.07. The van der Waals surface area contributed by atoms with Gasteiger partial charge in [-0.25, -0.2) is 4.98 Å². The molecule has 0 bridgehead atoms. The molecule has 1 aromatic heterocycles. The second-order valence-electron chi connectivity index (χ2n) is 5.74. The van der Waals surface area contributed by atoms with E-state index in [-0.39, 0.29) is 18.3 Å². The molecule has 1 fully saturated rings. The second kappa shape index (κ2) is 8.27. The number of amides is 1. The number of nitrogens with one attached hydrogen (secondary N) is 2. The Labute approximate surface area is 126 Å². The normalized spacial score (nSPS) is 18.1. The molecule has 0 spiro atoms. The zero-order chi connectivity index (χ0) is 13.7. The second-order valence-corrected chi connectivity index (χ2v) is 5.74. The Balaban J connectivity index is 0.00000200. The molecule has 1 aliphatic heterocycles. The van der Waals surface area contributed by atoms with Gasteiger partial charge in [0.2, 0.25) is 11.9 Å². The van der Waals surface area contributed by atoms with E-state index in [0.29, 0.717) is 24.2 Å². The number of hydrogen-bond acceptors (Lipinski definition) is 3. The molecule has 0 radical (unpaired) electrons. The van der Waals surface area contributed by atoms with Gasteiger partial charge in [0.05, 0.1) is 0 Å². The lowest BCUT2D eigenvalue weighted by Gasteiger charge is -2.12. The van der Waals surface area contributed by atoms with Crippen LogP contribution in [0.4, 0.5) is 5.95 Å². The van der Waals surface area contributed by atoms with Crippen molar-refractivity contribution >= 4 is 24.3 Å². The van der Waals surface area contributed by atoms with E-state index in [1.165, 1.54) is 6.42 Å². The summed E-state index contributed by atoms with van der Waals surface area (Å²) in [6.07, 6.45) is 6.38. The van der Waals surface area contributed by atoms with E-state index in [4.69, 9.17) is 0 Å². The SMILES string of the molecule is CC(C)Cn1ccnc1NC(=O)CCC1CCNC1.Cl. The highest BCUT2D eigenvalue weighted by molar-refractivity contribution is 5.89. The highest BCUT2D eigenvalue weighted by Gasteiger charge is 2.16. The number of rotatable bonds is 6. The molecular weight excluding hydrogens is 276 g/mol. The largest absolute Gasteiger partial charge is 0.317 e. The standard InChI is InChI=1S/C14H24N4O.ClH/c1-11(2)10-18-8-7-16-14(18)17-13(19)4-3-12-5-6-15-9-12;/h7-8,11-12,15H,3-6,9-10H2,1-2H3,(H,16,17,19);1H. The summed E-state index contributed by atoms with van der Waals surface area (Å²) in [6, 6.07) is 0. The Morgan fingerprint density at radius 2 is 2.40 bits per heavy atom. The van der Waals surface area contributed by atoms with Gasteiger partial charge in [0.1, 0.15) is 0 Å². The summed E-state index contributed by atoms with van der Waals surface area (Å²) in [5.74, 6) is 1.93. The summed E-state index contributed by atoms with van der Waals surface area (Å²) in [7, 11) is 0. The summed E-state index contributed by atoms with van der Waals surface area (Å²) in [4.78, 5) is 16.1. The maximum absolute atomic E-state index is 11.9. The summed E-state index contributed by atoms with van der Waals surface area (Å²) in [5, 5.41) is 6.24. The van der Waals surface area contributed by atoms with Crippen molar-refractivity contribution in [2.75, 3.05) is 18.4 Å². The molecule has 1 unspecified atom stereocenters. The van der Waals surface area contributed by atoms with Gasteiger partial charge in [-0.1, -0.05) is 13.8 Å². The fourth-order valence-electron chi connectivity index (χ4n) is 2.46. The third-order valence-corrected chi connectivity index (χ3v) is 3.47. The van der Waals surface area contributed by atoms with Crippen molar-refractivity contribution < 1.29 is 4.79 Å². The van der Waals surface area contributed by atoms with Crippen molar-refractivity contribution in [2.45, 2.75) is 39.7 Å². The maximum Gasteiger partial charge on any atom is 0.226 e. The summed E-state index contributed by atoms with van der Waals surface area (Å²) < 4.78 is 2.00. The van der Waals surface area contributed by atoms with Gasteiger partial charge >= 0.3 is 0 Å². The van der Waals surface area contributed by atoms with Crippen molar-refractivity contribution in [2.24, 2.45) is 11.8 Å². The molecule has 2 rings (SSSR count). The lowest BCUT2D eigenvalue weighted by molar-refractivity contribution is -0.116. The van der Waals surface area contributed by atoms with Crippen molar-refractivity contribution in [3.63, 3.8) is 0 Å². The van der Waals surface area contributed by atoms with E-state index in [1.54, 1.807) is 6.20 Å². The average Bonchev–Trinajstić information content (AvgIpc) is 2.98. The minimum Gasteiger partial charge on any atom is -0.317 e. The smallest absolute Gasteiger partial charge is 0.226 e. The highest BCUT2D eigenvalue weighted by Crippen LogP contribution is 2.15. The number of nitrogens with zero attached hydrogens (tertiary/aromatic N) is 2. The quantitative estimate of drug-likeness (QED) is 0.847. The molecule has 20 heavy (non-hydrogen) atoms. The Morgan fingerprint density at radius 1 is 1.60 bits per heavy atom. The van der Waals surface area contributed by atoms with Gasteiger partial charge in [0.25, 0.3) is 0 Å². The third kappa shape index (κ3) is 5.13. The molecule has 5 nitrogen and oxygen atoms in total. The van der Waals surface area contributed by atoms with Crippen LogP contribution in [-0.4, -0.2) is 28.5 Å². The zero-order valence-corrected chi connectivity index (χ0v) is 13.1. The van der Waals surface area contributed by atoms with Gasteiger partial charge < -0.3 is 9.88 Å². The van der Waals surface area contributed by atoms with Gasteiger partial charge in [-0.15, -0.1) is 12.4 Å². The first-order valence-corrected chi connectivity index (χ1v) is 7.17. The van der Waals surface area contributed by atoms with Crippen LogP contribution in [0, 0.1) is 11.8 Å². The van der Waals surface area contributed by atoms with Gasteiger partial charge in [0, 0.05) is 25.4 Å². The van der Waals surface area contributed by atoms with E-state index in [2.05, 4.69) is 29.5 Å². The van der Waals surface area contributed by atoms with Crippen LogP contribution in [0.5, 0.6) is 0 Å². The van der Waals surface area contributed by atoms with Crippen LogP contribution in [0.1, 0.15) is 33.1 Å². The molecule has 1 amide bonds. The van der Waals surface area contributed by atoms with Gasteiger partial charge in [-0.2, -0.15) is 0 Å². The first kappa shape index (κ1) is 17.0. The highest BCUT2D eigenvalue weighted by atomic mass is 35.5. The predicted octanol–water partition coefficient (Wildman–Crippen LogP) is 2.29. The average molecular weight is 301 g/mol. The fraction of sp³-hybridized carbons (Fsp3) is 0.714. The van der Waals surface area contributed by atoms with Crippen LogP contribution in [0.25, 0.3) is 0 Å². The number of imidazole rings is 1. The predicted molar refractivity (Wildman–Crippen MR) is 83.2 cm³/mol. The Bertz CT molecular complexity index is 413. The molecule has 0 aliphatic carbocycles. The Kier molecular flexibility index (Phi) is 7.02. The Morgan fingerprint density at radius 3 is 3.05 bits per heavy atom. The summed E-state index contributed by atoms with van der Waals surface area (Å²) >= 11 is 0. The number of carbonyl (C=O) groups is 1. The number of halogens is 1. The van der Waals surface area contributed by atoms with E-state index in [1.807, 2.05) is 10.8 Å². The van der Waals surface area contributed by atoms with Crippen molar-refractivity contribution in [1.82, 2.24) is 14.9 Å². The van der Waals surface area contributed by atoms with Crippen molar-refractivity contribution in [3.05, 3.63) is 12.4 Å². The minimum absolute atomic E-state index is 0. The van der Waals surface area contributed by atoms with Gasteiger partial charge in [-0.05, 0) is 37.8 Å². The van der Waals surface area contributed by atoms with Gasteiger partial charge in [0.15, 0.2) is 0 Å². The molecule has 0 aromatic carbocycles. The number of hydrogen-bond donors (Lipinski definition) is 2. The lowest BCUT2D eigenvalue weighted by Crippen LogP contribution is -2.18. The third-order valence-electron chi connectivity index (χ3n) is 3.47. The van der Waals surface area contributed by atoms with Crippen LogP contribution in [-0.2, 0) is 11.3 Å². The molecule has 114 valence electrons. The number of aromatic nitrogens is 2. The molecular formula is C14H25ClN4O. The van der Waals surface area contributed by atoms with Crippen LogP contribution in [0.3, 0.4) is 0 Å². The summed E-state index contributed by atoms with van der Waals surface area (Å²) in [6.45, 7) is 7.32. The number of anilines is 1. The van der Waals surface area contributed by atoms with E-state index in [9.17, 15) is 4.79 Å². The molecule has 0 saturated carbocycles. The first-order chi connectivity index (χ1) is 9.15. The molecule has 2 heterocycles. The first-order valence-electron chi connectivity index (χ1n) is 7.17. The van der Waals surface area contributed by atoms with E-state index < -0.39 is 0 Å². The maximum atomic E-state index is 11.9. The zero-order valence-electron chi connectivity index (χ0n) is 12.3. The molecule has 1 saturated heterocycles. The molecule has 1 aromatic rings. The summed E-state index contributed by atoms with van der Waals surface area (Å²) in [5.41, 5.74) is 0. The van der Waals surface area contributed by atoms with E-state index >= 15 is 0 Å². The van der Waals surface area contributed by atoms with Crippen molar-refractivity contribution in [1.29, 1.82) is 0 Å². The van der Waals surface area contributed by atoms with E-state index in [0.717, 1.165) is 26.1 Å². The van der Waals surface area contributed by atoms with Crippen LogP contribution in [0.2, 0.25) is 0 Å². The molecule has 2 N–H and O–H groups in total. The molecule has 1 aliphatic rings. The van der Waals surface area contributed by atoms with Crippen molar-refractivity contribution in [3.8, 4) is 0 Å². The van der Waals surface area contributed by atoms with Gasteiger partial charge in [-0.3, -0.25) is 10.1 Å². The lowest BCUT2D eigenvalue weighted by atomic mass is 10.0.